The zero-order valence-corrected chi connectivity index (χ0v) is 11.0. The summed E-state index contributed by atoms with van der Waals surface area (Å²) in [4.78, 5) is 12.0. The van der Waals surface area contributed by atoms with E-state index in [4.69, 9.17) is 4.74 Å². The van der Waals surface area contributed by atoms with Gasteiger partial charge in [0, 0.05) is 0 Å². The predicted octanol–water partition coefficient (Wildman–Crippen LogP) is 2.50. The van der Waals surface area contributed by atoms with E-state index in [1.165, 1.54) is 0 Å². The summed E-state index contributed by atoms with van der Waals surface area (Å²) in [7, 11) is 0. The minimum atomic E-state index is -0.138. The highest BCUT2D eigenvalue weighted by atomic mass is 16.5. The van der Waals surface area contributed by atoms with Gasteiger partial charge in [-0.2, -0.15) is 0 Å². The van der Waals surface area contributed by atoms with Gasteiger partial charge in [0.1, 0.15) is 6.04 Å². The highest BCUT2D eigenvalue weighted by molar-refractivity contribution is 5.77. The lowest BCUT2D eigenvalue weighted by molar-refractivity contribution is -0.155. The number of piperidine rings is 1. The SMILES string of the molecule is CCCC(C)OC(=O)C1NCCCC1(C)C. The first-order valence-corrected chi connectivity index (χ1v) is 6.41. The second-order valence-electron chi connectivity index (χ2n) is 5.52. The van der Waals surface area contributed by atoms with E-state index in [0.29, 0.717) is 0 Å². The van der Waals surface area contributed by atoms with Crippen molar-refractivity contribution in [2.75, 3.05) is 6.54 Å². The molecule has 1 rings (SSSR count). The van der Waals surface area contributed by atoms with Crippen LogP contribution >= 0.6 is 0 Å². The van der Waals surface area contributed by atoms with Gasteiger partial charge in [-0.3, -0.25) is 4.79 Å². The van der Waals surface area contributed by atoms with Crippen molar-refractivity contribution < 1.29 is 9.53 Å². The van der Waals surface area contributed by atoms with E-state index in [9.17, 15) is 4.79 Å². The topological polar surface area (TPSA) is 38.3 Å². The van der Waals surface area contributed by atoms with Crippen molar-refractivity contribution in [3.05, 3.63) is 0 Å². The standard InChI is InChI=1S/C13H25NO2/c1-5-7-10(2)16-12(15)11-13(3,4)8-6-9-14-11/h10-11,14H,5-9H2,1-4H3. The van der Waals surface area contributed by atoms with Crippen molar-refractivity contribution in [2.45, 2.75) is 65.5 Å². The van der Waals surface area contributed by atoms with Gasteiger partial charge in [-0.1, -0.05) is 27.2 Å². The number of carbonyl (C=O) groups excluding carboxylic acids is 1. The lowest BCUT2D eigenvalue weighted by Gasteiger charge is -2.38. The van der Waals surface area contributed by atoms with Gasteiger partial charge in [-0.05, 0) is 38.1 Å². The Kier molecular flexibility index (Phi) is 4.78. The van der Waals surface area contributed by atoms with Gasteiger partial charge in [0.25, 0.3) is 0 Å². The molecule has 2 unspecified atom stereocenters. The zero-order chi connectivity index (χ0) is 12.2. The molecule has 16 heavy (non-hydrogen) atoms. The van der Waals surface area contributed by atoms with Crippen LogP contribution in [-0.2, 0) is 9.53 Å². The van der Waals surface area contributed by atoms with Crippen LogP contribution in [0.2, 0.25) is 0 Å². The molecule has 1 heterocycles. The van der Waals surface area contributed by atoms with Crippen molar-refractivity contribution >= 4 is 5.97 Å². The lowest BCUT2D eigenvalue weighted by atomic mass is 9.77. The molecule has 0 aromatic carbocycles. The van der Waals surface area contributed by atoms with Crippen LogP contribution in [-0.4, -0.2) is 24.7 Å². The van der Waals surface area contributed by atoms with E-state index < -0.39 is 0 Å². The van der Waals surface area contributed by atoms with Crippen molar-refractivity contribution in [1.29, 1.82) is 0 Å². The summed E-state index contributed by atoms with van der Waals surface area (Å²) in [6.45, 7) is 9.26. The van der Waals surface area contributed by atoms with Gasteiger partial charge < -0.3 is 10.1 Å². The maximum Gasteiger partial charge on any atom is 0.323 e. The second kappa shape index (κ2) is 5.67. The van der Waals surface area contributed by atoms with Crippen LogP contribution in [0.1, 0.15) is 53.4 Å². The largest absolute Gasteiger partial charge is 0.461 e. The third-order valence-electron chi connectivity index (χ3n) is 3.38. The van der Waals surface area contributed by atoms with Gasteiger partial charge in [-0.15, -0.1) is 0 Å². The molecule has 2 atom stereocenters. The van der Waals surface area contributed by atoms with Crippen LogP contribution in [0.5, 0.6) is 0 Å². The fraction of sp³-hybridized carbons (Fsp3) is 0.923. The Bertz CT molecular complexity index is 238. The van der Waals surface area contributed by atoms with Crippen LogP contribution in [0.4, 0.5) is 0 Å². The molecular formula is C13H25NO2. The number of carbonyl (C=O) groups is 1. The number of rotatable bonds is 4. The Balaban J connectivity index is 2.51. The predicted molar refractivity (Wildman–Crippen MR) is 65.3 cm³/mol. The molecule has 1 aliphatic heterocycles. The molecule has 3 heteroatoms. The summed E-state index contributed by atoms with van der Waals surface area (Å²) >= 11 is 0. The Hall–Kier alpha value is -0.570. The van der Waals surface area contributed by atoms with E-state index >= 15 is 0 Å². The fourth-order valence-corrected chi connectivity index (χ4v) is 2.35. The molecule has 0 spiro atoms. The summed E-state index contributed by atoms with van der Waals surface area (Å²) < 4.78 is 5.46. The third-order valence-corrected chi connectivity index (χ3v) is 3.38. The van der Waals surface area contributed by atoms with Crippen molar-refractivity contribution in [2.24, 2.45) is 5.41 Å². The van der Waals surface area contributed by atoms with Crippen molar-refractivity contribution in [1.82, 2.24) is 5.32 Å². The summed E-state index contributed by atoms with van der Waals surface area (Å²) in [6, 6.07) is -0.138. The maximum atomic E-state index is 12.0. The summed E-state index contributed by atoms with van der Waals surface area (Å²) in [5.74, 6) is -0.0781. The van der Waals surface area contributed by atoms with Crippen LogP contribution in [0.3, 0.4) is 0 Å². The molecule has 1 fully saturated rings. The third kappa shape index (κ3) is 3.48. The Morgan fingerprint density at radius 2 is 2.25 bits per heavy atom. The molecule has 94 valence electrons. The van der Waals surface area contributed by atoms with Gasteiger partial charge in [-0.25, -0.2) is 0 Å². The minimum absolute atomic E-state index is 0.0151. The number of esters is 1. The van der Waals surface area contributed by atoms with Crippen molar-refractivity contribution in [3.63, 3.8) is 0 Å². The van der Waals surface area contributed by atoms with Crippen LogP contribution in [0.15, 0.2) is 0 Å². The molecule has 0 aliphatic carbocycles. The van der Waals surface area contributed by atoms with E-state index in [2.05, 4.69) is 26.1 Å². The molecule has 0 aromatic heterocycles. The number of ether oxygens (including phenoxy) is 1. The molecule has 0 radical (unpaired) electrons. The summed E-state index contributed by atoms with van der Waals surface area (Å²) in [5.41, 5.74) is 0.0151. The Morgan fingerprint density at radius 1 is 1.56 bits per heavy atom. The first-order chi connectivity index (χ1) is 7.47. The molecule has 0 amide bonds. The summed E-state index contributed by atoms with van der Waals surface area (Å²) in [6.07, 6.45) is 4.26. The number of hydrogen-bond acceptors (Lipinski definition) is 3. The minimum Gasteiger partial charge on any atom is -0.461 e. The molecule has 0 saturated carbocycles. The maximum absolute atomic E-state index is 12.0. The van der Waals surface area contributed by atoms with Crippen LogP contribution in [0, 0.1) is 5.41 Å². The zero-order valence-electron chi connectivity index (χ0n) is 11.0. The van der Waals surface area contributed by atoms with Crippen LogP contribution in [0.25, 0.3) is 0 Å². The molecule has 1 aliphatic rings. The monoisotopic (exact) mass is 227 g/mol. The highest BCUT2D eigenvalue weighted by Gasteiger charge is 2.38. The molecule has 3 nitrogen and oxygen atoms in total. The average Bonchev–Trinajstić information content (AvgIpc) is 2.16. The molecule has 0 bridgehead atoms. The molecular weight excluding hydrogens is 202 g/mol. The van der Waals surface area contributed by atoms with E-state index in [1.807, 2.05) is 6.92 Å². The van der Waals surface area contributed by atoms with Gasteiger partial charge in [0.15, 0.2) is 0 Å². The molecule has 1 N–H and O–H groups in total. The molecule has 1 saturated heterocycles. The van der Waals surface area contributed by atoms with E-state index in [0.717, 1.165) is 32.2 Å². The lowest BCUT2D eigenvalue weighted by Crippen LogP contribution is -2.52. The van der Waals surface area contributed by atoms with Gasteiger partial charge in [0.2, 0.25) is 0 Å². The number of nitrogens with one attached hydrogen (secondary N) is 1. The van der Waals surface area contributed by atoms with Crippen LogP contribution < -0.4 is 5.32 Å². The second-order valence-corrected chi connectivity index (χ2v) is 5.52. The number of hydrogen-bond donors (Lipinski definition) is 1. The van der Waals surface area contributed by atoms with Gasteiger partial charge in [0.05, 0.1) is 6.10 Å². The Labute approximate surface area is 98.9 Å². The highest BCUT2D eigenvalue weighted by Crippen LogP contribution is 2.30. The first-order valence-electron chi connectivity index (χ1n) is 6.41. The smallest absolute Gasteiger partial charge is 0.323 e. The average molecular weight is 227 g/mol. The Morgan fingerprint density at radius 3 is 2.81 bits per heavy atom. The van der Waals surface area contributed by atoms with Gasteiger partial charge >= 0.3 is 5.97 Å². The normalized spacial score (nSPS) is 26.1. The first kappa shape index (κ1) is 13.5. The van der Waals surface area contributed by atoms with E-state index in [1.54, 1.807) is 0 Å². The fourth-order valence-electron chi connectivity index (χ4n) is 2.35. The van der Waals surface area contributed by atoms with Crippen molar-refractivity contribution in [3.8, 4) is 0 Å². The van der Waals surface area contributed by atoms with E-state index in [-0.39, 0.29) is 23.5 Å². The summed E-state index contributed by atoms with van der Waals surface area (Å²) in [5, 5.41) is 3.28. The molecule has 0 aromatic rings. The quantitative estimate of drug-likeness (QED) is 0.750.